The second-order valence-corrected chi connectivity index (χ2v) is 6.92. The lowest BCUT2D eigenvalue weighted by atomic mass is 10.1. The topological polar surface area (TPSA) is 62.3 Å². The van der Waals surface area contributed by atoms with Gasteiger partial charge in [0, 0.05) is 18.3 Å². The number of halogens is 3. The van der Waals surface area contributed by atoms with Crippen LogP contribution in [0.25, 0.3) is 0 Å². The predicted molar refractivity (Wildman–Crippen MR) is 110 cm³/mol. The molecule has 0 atom stereocenters. The van der Waals surface area contributed by atoms with Crippen LogP contribution in [0.15, 0.2) is 66.9 Å². The molecule has 0 spiro atoms. The van der Waals surface area contributed by atoms with Gasteiger partial charge in [0.05, 0.1) is 12.1 Å². The van der Waals surface area contributed by atoms with Gasteiger partial charge in [0.2, 0.25) is 11.8 Å². The molecule has 154 valence electrons. The van der Waals surface area contributed by atoms with Crippen molar-refractivity contribution in [3.8, 4) is 0 Å². The zero-order valence-corrected chi connectivity index (χ0v) is 16.6. The molecule has 3 rings (SSSR count). The summed E-state index contributed by atoms with van der Waals surface area (Å²) >= 11 is 5.76. The molecule has 2 aromatic carbocycles. The summed E-state index contributed by atoms with van der Waals surface area (Å²) in [5.41, 5.74) is 0.860. The summed E-state index contributed by atoms with van der Waals surface area (Å²) in [4.78, 5) is 30.5. The van der Waals surface area contributed by atoms with Gasteiger partial charge in [-0.15, -0.1) is 0 Å². The normalized spacial score (nSPS) is 10.5. The van der Waals surface area contributed by atoms with Gasteiger partial charge in [0.1, 0.15) is 23.3 Å². The Morgan fingerprint density at radius 3 is 2.33 bits per heavy atom. The van der Waals surface area contributed by atoms with Gasteiger partial charge in [0.15, 0.2) is 0 Å². The van der Waals surface area contributed by atoms with Crippen molar-refractivity contribution in [3.63, 3.8) is 0 Å². The maximum absolute atomic E-state index is 14.1. The molecule has 8 heteroatoms. The summed E-state index contributed by atoms with van der Waals surface area (Å²) in [6.45, 7) is -0.486. The number of rotatable bonds is 7. The molecule has 0 radical (unpaired) electrons. The third-order valence-corrected chi connectivity index (χ3v) is 4.52. The molecule has 0 fully saturated rings. The first-order valence-electron chi connectivity index (χ1n) is 9.08. The van der Waals surface area contributed by atoms with E-state index in [1.165, 1.54) is 47.5 Å². The summed E-state index contributed by atoms with van der Waals surface area (Å²) in [5, 5.41) is 2.73. The van der Waals surface area contributed by atoms with Crippen LogP contribution in [0.1, 0.15) is 11.1 Å². The van der Waals surface area contributed by atoms with Crippen molar-refractivity contribution in [2.45, 2.75) is 13.0 Å². The quantitative estimate of drug-likeness (QED) is 0.572. The molecule has 1 heterocycles. The van der Waals surface area contributed by atoms with Gasteiger partial charge in [-0.1, -0.05) is 48.0 Å². The highest BCUT2D eigenvalue weighted by Gasteiger charge is 2.20. The predicted octanol–water partition coefficient (Wildman–Crippen LogP) is 4.22. The minimum absolute atomic E-state index is 0.00249. The lowest BCUT2D eigenvalue weighted by molar-refractivity contribution is -0.134. The highest BCUT2D eigenvalue weighted by molar-refractivity contribution is 6.29. The number of aromatic nitrogens is 1. The van der Waals surface area contributed by atoms with Gasteiger partial charge >= 0.3 is 0 Å². The Kier molecular flexibility index (Phi) is 7.08. The first-order valence-corrected chi connectivity index (χ1v) is 9.46. The number of pyridine rings is 1. The number of benzene rings is 2. The summed E-state index contributed by atoms with van der Waals surface area (Å²) in [6.07, 6.45) is 1.41. The summed E-state index contributed by atoms with van der Waals surface area (Å²) in [6, 6.07) is 14.9. The van der Waals surface area contributed by atoms with Crippen LogP contribution in [0.2, 0.25) is 5.15 Å². The maximum atomic E-state index is 14.1. The van der Waals surface area contributed by atoms with Crippen molar-refractivity contribution in [1.82, 2.24) is 9.88 Å². The average Bonchev–Trinajstić information content (AvgIpc) is 2.72. The number of para-hydroxylation sites is 1. The molecule has 0 aliphatic carbocycles. The Hall–Kier alpha value is -3.32. The minimum Gasteiger partial charge on any atom is -0.329 e. The van der Waals surface area contributed by atoms with Gasteiger partial charge in [-0.25, -0.2) is 13.8 Å². The van der Waals surface area contributed by atoms with E-state index in [-0.39, 0.29) is 30.8 Å². The van der Waals surface area contributed by atoms with Crippen molar-refractivity contribution in [2.24, 2.45) is 0 Å². The Morgan fingerprint density at radius 1 is 0.967 bits per heavy atom. The van der Waals surface area contributed by atoms with E-state index in [0.717, 1.165) is 0 Å². The molecule has 3 aromatic rings. The van der Waals surface area contributed by atoms with E-state index >= 15 is 0 Å². The van der Waals surface area contributed by atoms with Crippen molar-refractivity contribution in [3.05, 3.63) is 94.8 Å². The SMILES string of the molecule is O=C(CN(Cc1ccccc1F)C(=O)Cc1ccc(Cl)nc1)Nc1ccccc1F. The minimum atomic E-state index is -0.598. The molecule has 0 saturated heterocycles. The van der Waals surface area contributed by atoms with Gasteiger partial charge in [-0.2, -0.15) is 0 Å². The van der Waals surface area contributed by atoms with E-state index in [0.29, 0.717) is 10.7 Å². The molecule has 0 aliphatic rings. The van der Waals surface area contributed by atoms with Crippen molar-refractivity contribution in [1.29, 1.82) is 0 Å². The molecular formula is C22H18ClF2N3O2. The monoisotopic (exact) mass is 429 g/mol. The van der Waals surface area contributed by atoms with Gasteiger partial charge in [-0.05, 0) is 29.8 Å². The number of nitrogens with one attached hydrogen (secondary N) is 1. The van der Waals surface area contributed by atoms with E-state index < -0.39 is 23.4 Å². The van der Waals surface area contributed by atoms with E-state index in [1.54, 1.807) is 24.3 Å². The van der Waals surface area contributed by atoms with Gasteiger partial charge in [0.25, 0.3) is 0 Å². The number of carbonyl (C=O) groups excluding carboxylic acids is 2. The first kappa shape index (κ1) is 21.4. The standard InChI is InChI=1S/C22H18ClF2N3O2/c23-20-10-9-15(12-26-20)11-22(30)28(13-16-5-1-2-6-17(16)24)14-21(29)27-19-8-4-3-7-18(19)25/h1-10,12H,11,13-14H2,(H,27,29). The van der Waals surface area contributed by atoms with Gasteiger partial charge in [-0.3, -0.25) is 9.59 Å². The zero-order chi connectivity index (χ0) is 21.5. The largest absolute Gasteiger partial charge is 0.329 e. The van der Waals surface area contributed by atoms with Crippen LogP contribution in [0, 0.1) is 11.6 Å². The van der Waals surface area contributed by atoms with E-state index in [2.05, 4.69) is 10.3 Å². The number of anilines is 1. The van der Waals surface area contributed by atoms with Crippen molar-refractivity contribution >= 4 is 29.1 Å². The first-order chi connectivity index (χ1) is 14.4. The third-order valence-electron chi connectivity index (χ3n) is 4.30. The summed E-state index contributed by atoms with van der Waals surface area (Å²) in [5.74, 6) is -2.09. The third kappa shape index (κ3) is 5.84. The molecule has 0 aliphatic heterocycles. The molecule has 5 nitrogen and oxygen atoms in total. The van der Waals surface area contributed by atoms with Crippen molar-refractivity contribution in [2.75, 3.05) is 11.9 Å². The molecule has 30 heavy (non-hydrogen) atoms. The van der Waals surface area contributed by atoms with Crippen LogP contribution in [0.5, 0.6) is 0 Å². The molecule has 1 N–H and O–H groups in total. The fraction of sp³-hybridized carbons (Fsp3) is 0.136. The Labute approximate surface area is 177 Å². The number of nitrogens with zero attached hydrogens (tertiary/aromatic N) is 2. The lowest BCUT2D eigenvalue weighted by Crippen LogP contribution is -2.38. The van der Waals surface area contributed by atoms with Gasteiger partial charge < -0.3 is 10.2 Å². The molecular weight excluding hydrogens is 412 g/mol. The number of hydrogen-bond donors (Lipinski definition) is 1. The molecule has 2 amide bonds. The molecule has 1 aromatic heterocycles. The molecule has 0 saturated carbocycles. The fourth-order valence-corrected chi connectivity index (χ4v) is 2.90. The van der Waals surface area contributed by atoms with Crippen LogP contribution in [-0.2, 0) is 22.6 Å². The second-order valence-electron chi connectivity index (χ2n) is 6.54. The number of amides is 2. The second kappa shape index (κ2) is 9.93. The smallest absolute Gasteiger partial charge is 0.244 e. The Balaban J connectivity index is 1.76. The van der Waals surface area contributed by atoms with Crippen molar-refractivity contribution < 1.29 is 18.4 Å². The van der Waals surface area contributed by atoms with E-state index in [9.17, 15) is 18.4 Å². The zero-order valence-electron chi connectivity index (χ0n) is 15.8. The average molecular weight is 430 g/mol. The van der Waals surface area contributed by atoms with Crippen LogP contribution >= 0.6 is 11.6 Å². The summed E-state index contributed by atoms with van der Waals surface area (Å²) in [7, 11) is 0. The van der Waals surface area contributed by atoms with Crippen LogP contribution < -0.4 is 5.32 Å². The summed E-state index contributed by atoms with van der Waals surface area (Å²) < 4.78 is 27.9. The Bertz CT molecular complexity index is 1040. The van der Waals surface area contributed by atoms with Crippen LogP contribution in [-0.4, -0.2) is 28.2 Å². The maximum Gasteiger partial charge on any atom is 0.244 e. The van der Waals surface area contributed by atoms with E-state index in [1.807, 2.05) is 0 Å². The number of carbonyl (C=O) groups is 2. The molecule has 0 bridgehead atoms. The number of hydrogen-bond acceptors (Lipinski definition) is 3. The molecule has 0 unspecified atom stereocenters. The van der Waals surface area contributed by atoms with Crippen LogP contribution in [0.3, 0.4) is 0 Å². The van der Waals surface area contributed by atoms with E-state index in [4.69, 9.17) is 11.6 Å². The highest BCUT2D eigenvalue weighted by atomic mass is 35.5. The van der Waals surface area contributed by atoms with Crippen LogP contribution in [0.4, 0.5) is 14.5 Å². The lowest BCUT2D eigenvalue weighted by Gasteiger charge is -2.23. The highest BCUT2D eigenvalue weighted by Crippen LogP contribution is 2.15. The Morgan fingerprint density at radius 2 is 1.67 bits per heavy atom. The fourth-order valence-electron chi connectivity index (χ4n) is 2.79.